The van der Waals surface area contributed by atoms with Gasteiger partial charge in [-0.2, -0.15) is 0 Å². The minimum Gasteiger partial charge on any atom is -0.497 e. The largest absolute Gasteiger partial charge is 0.497 e. The van der Waals surface area contributed by atoms with Crippen LogP contribution in [0.3, 0.4) is 0 Å². The second-order valence-corrected chi connectivity index (χ2v) is 5.38. The third kappa shape index (κ3) is 2.81. The van der Waals surface area contributed by atoms with Crippen molar-refractivity contribution in [3.05, 3.63) is 64.7 Å². The fourth-order valence-electron chi connectivity index (χ4n) is 2.86. The van der Waals surface area contributed by atoms with Crippen LogP contribution in [0.5, 0.6) is 5.75 Å². The van der Waals surface area contributed by atoms with Gasteiger partial charge in [0.2, 0.25) is 0 Å². The summed E-state index contributed by atoms with van der Waals surface area (Å²) < 4.78 is 5.16. The molecule has 1 aliphatic rings. The minimum absolute atomic E-state index is 0.455. The summed E-state index contributed by atoms with van der Waals surface area (Å²) in [5, 5.41) is 8.84. The number of carbonyl (C=O) groups excluding carboxylic acids is 1. The highest BCUT2D eigenvalue weighted by Crippen LogP contribution is 2.27. The lowest BCUT2D eigenvalue weighted by Crippen LogP contribution is -2.21. The van der Waals surface area contributed by atoms with Gasteiger partial charge in [-0.3, -0.25) is 14.9 Å². The molecule has 2 N–H and O–H groups in total. The maximum Gasteiger partial charge on any atom is 0.274 e. The average molecular weight is 298 g/mol. The van der Waals surface area contributed by atoms with Crippen molar-refractivity contribution in [3.8, 4) is 5.75 Å². The van der Waals surface area contributed by atoms with Crippen LogP contribution in [0.25, 0.3) is 0 Å². The molecule has 0 bridgehead atoms. The van der Waals surface area contributed by atoms with Crippen molar-refractivity contribution in [2.75, 3.05) is 7.11 Å². The van der Waals surface area contributed by atoms with E-state index in [-0.39, 0.29) is 0 Å². The van der Waals surface area contributed by atoms with Crippen LogP contribution in [0.1, 0.15) is 27.0 Å². The number of rotatable bonds is 4. The number of nitrogens with zero attached hydrogens (tertiary/aromatic N) is 1. The van der Waals surface area contributed by atoms with E-state index in [1.165, 1.54) is 5.56 Å². The number of methoxy groups -OCH3 is 1. The Morgan fingerprint density at radius 1 is 1.23 bits per heavy atom. The molecule has 2 aromatic carbocycles. The summed E-state index contributed by atoms with van der Waals surface area (Å²) in [6, 6.07) is 13.6. The van der Waals surface area contributed by atoms with Crippen LogP contribution in [0.4, 0.5) is 0 Å². The molecule has 0 atom stereocenters. The Hall–Kier alpha value is -2.37. The van der Waals surface area contributed by atoms with Gasteiger partial charge in [-0.05, 0) is 34.9 Å². The number of carbonyl (C=O) groups is 1. The minimum atomic E-state index is -0.455. The lowest BCUT2D eigenvalue weighted by atomic mass is 10.0. The Morgan fingerprint density at radius 2 is 2.00 bits per heavy atom. The summed E-state index contributed by atoms with van der Waals surface area (Å²) in [6.45, 7) is 2.30. The fraction of sp³-hybridized carbons (Fsp3) is 0.235. The predicted molar refractivity (Wildman–Crippen MR) is 81.6 cm³/mol. The molecule has 114 valence electrons. The van der Waals surface area contributed by atoms with Gasteiger partial charge in [0.15, 0.2) is 0 Å². The first kappa shape index (κ1) is 14.6. The number of ether oxygens (including phenoxy) is 1. The van der Waals surface area contributed by atoms with E-state index in [9.17, 15) is 4.79 Å². The number of fused-ring (bicyclic) bond motifs is 1. The highest BCUT2D eigenvalue weighted by molar-refractivity contribution is 5.95. The van der Waals surface area contributed by atoms with Crippen LogP contribution in [-0.4, -0.2) is 23.1 Å². The summed E-state index contributed by atoms with van der Waals surface area (Å²) in [5.74, 6) is 0.388. The summed E-state index contributed by atoms with van der Waals surface area (Å²) >= 11 is 0. The van der Waals surface area contributed by atoms with Gasteiger partial charge < -0.3 is 4.74 Å². The fourth-order valence-corrected chi connectivity index (χ4v) is 2.86. The number of amides is 1. The molecule has 0 aliphatic carbocycles. The molecule has 1 amide bonds. The third-order valence-corrected chi connectivity index (χ3v) is 3.96. The van der Waals surface area contributed by atoms with Gasteiger partial charge in [0.1, 0.15) is 5.75 Å². The van der Waals surface area contributed by atoms with Crippen LogP contribution in [-0.2, 0) is 19.6 Å². The normalized spacial score (nSPS) is 13.7. The topological polar surface area (TPSA) is 61.8 Å². The molecule has 2 aromatic rings. The summed E-state index contributed by atoms with van der Waals surface area (Å²) in [5.41, 5.74) is 5.57. The molecule has 0 fully saturated rings. The van der Waals surface area contributed by atoms with E-state index in [1.54, 1.807) is 18.7 Å². The second kappa shape index (κ2) is 6.17. The van der Waals surface area contributed by atoms with Gasteiger partial charge in [-0.25, -0.2) is 5.48 Å². The zero-order valence-corrected chi connectivity index (χ0v) is 12.4. The SMILES string of the molecule is COc1ccc(CN2Cc3cccc(C(=O)NO)c3C2)cc1. The van der Waals surface area contributed by atoms with Crippen LogP contribution in [0.15, 0.2) is 42.5 Å². The molecular weight excluding hydrogens is 280 g/mol. The highest BCUT2D eigenvalue weighted by atomic mass is 16.5. The molecule has 5 heteroatoms. The first-order valence-electron chi connectivity index (χ1n) is 7.11. The number of hydrogen-bond donors (Lipinski definition) is 2. The van der Waals surface area contributed by atoms with Crippen molar-refractivity contribution < 1.29 is 14.7 Å². The van der Waals surface area contributed by atoms with Gasteiger partial charge >= 0.3 is 0 Å². The molecule has 0 spiro atoms. The monoisotopic (exact) mass is 298 g/mol. The van der Waals surface area contributed by atoms with E-state index in [4.69, 9.17) is 9.94 Å². The molecular formula is C17H18N2O3. The van der Waals surface area contributed by atoms with Crippen molar-refractivity contribution in [1.82, 2.24) is 10.4 Å². The Balaban J connectivity index is 1.75. The predicted octanol–water partition coefficient (Wildman–Crippen LogP) is 2.33. The molecule has 0 aromatic heterocycles. The van der Waals surface area contributed by atoms with Crippen molar-refractivity contribution >= 4 is 5.91 Å². The third-order valence-electron chi connectivity index (χ3n) is 3.96. The molecule has 0 saturated carbocycles. The first-order valence-corrected chi connectivity index (χ1v) is 7.11. The van der Waals surface area contributed by atoms with Crippen LogP contribution < -0.4 is 10.2 Å². The van der Waals surface area contributed by atoms with Gasteiger partial charge in [0, 0.05) is 25.2 Å². The van der Waals surface area contributed by atoms with Crippen LogP contribution >= 0.6 is 0 Å². The zero-order valence-electron chi connectivity index (χ0n) is 12.4. The Bertz CT molecular complexity index is 683. The van der Waals surface area contributed by atoms with Gasteiger partial charge in [-0.15, -0.1) is 0 Å². The molecule has 0 radical (unpaired) electrons. The van der Waals surface area contributed by atoms with Crippen molar-refractivity contribution in [2.24, 2.45) is 0 Å². The Morgan fingerprint density at radius 3 is 2.68 bits per heavy atom. The zero-order chi connectivity index (χ0) is 15.5. The maximum absolute atomic E-state index is 11.7. The Kier molecular flexibility index (Phi) is 4.09. The van der Waals surface area contributed by atoms with Crippen molar-refractivity contribution in [2.45, 2.75) is 19.6 Å². The molecule has 22 heavy (non-hydrogen) atoms. The summed E-state index contributed by atoms with van der Waals surface area (Å²) in [6.07, 6.45) is 0. The molecule has 1 heterocycles. The van der Waals surface area contributed by atoms with E-state index in [0.29, 0.717) is 12.1 Å². The molecule has 5 nitrogen and oxygen atoms in total. The molecule has 0 unspecified atom stereocenters. The van der Waals surface area contributed by atoms with Crippen LogP contribution in [0, 0.1) is 0 Å². The highest BCUT2D eigenvalue weighted by Gasteiger charge is 2.23. The quantitative estimate of drug-likeness (QED) is 0.672. The maximum atomic E-state index is 11.7. The van der Waals surface area contributed by atoms with Crippen molar-refractivity contribution in [1.29, 1.82) is 0 Å². The number of nitrogens with one attached hydrogen (secondary N) is 1. The summed E-state index contributed by atoms with van der Waals surface area (Å²) in [7, 11) is 1.65. The van der Waals surface area contributed by atoms with E-state index in [0.717, 1.165) is 30.0 Å². The lowest BCUT2D eigenvalue weighted by molar-refractivity contribution is 0.0705. The molecule has 1 aliphatic heterocycles. The average Bonchev–Trinajstić information content (AvgIpc) is 2.97. The van der Waals surface area contributed by atoms with Gasteiger partial charge in [0.25, 0.3) is 5.91 Å². The lowest BCUT2D eigenvalue weighted by Gasteiger charge is -2.15. The van der Waals surface area contributed by atoms with E-state index in [2.05, 4.69) is 4.90 Å². The van der Waals surface area contributed by atoms with Crippen LogP contribution in [0.2, 0.25) is 0 Å². The summed E-state index contributed by atoms with van der Waals surface area (Å²) in [4.78, 5) is 14.0. The number of hydrogen-bond acceptors (Lipinski definition) is 4. The Labute approximate surface area is 129 Å². The van der Waals surface area contributed by atoms with E-state index in [1.807, 2.05) is 36.4 Å². The second-order valence-electron chi connectivity index (χ2n) is 5.38. The number of hydroxylamine groups is 1. The number of benzene rings is 2. The molecule has 0 saturated heterocycles. The standard InChI is InChI=1S/C17H18N2O3/c1-22-14-7-5-12(6-8-14)9-19-10-13-3-2-4-15(16(13)11-19)17(20)18-21/h2-8,21H,9-11H2,1H3,(H,18,20). The van der Waals surface area contributed by atoms with Crippen molar-refractivity contribution in [3.63, 3.8) is 0 Å². The van der Waals surface area contributed by atoms with E-state index >= 15 is 0 Å². The van der Waals surface area contributed by atoms with Gasteiger partial charge in [-0.1, -0.05) is 24.3 Å². The molecule has 3 rings (SSSR count). The van der Waals surface area contributed by atoms with Gasteiger partial charge in [0.05, 0.1) is 7.11 Å². The van der Waals surface area contributed by atoms with E-state index < -0.39 is 5.91 Å². The first-order chi connectivity index (χ1) is 10.7. The smallest absolute Gasteiger partial charge is 0.274 e.